The third-order valence-corrected chi connectivity index (χ3v) is 8.73. The van der Waals surface area contributed by atoms with Gasteiger partial charge in [0.1, 0.15) is 12.2 Å². The van der Waals surface area contributed by atoms with Crippen molar-refractivity contribution in [3.8, 4) is 0 Å². The Labute approximate surface area is 251 Å². The molecule has 0 radical (unpaired) electrons. The molecule has 4 saturated heterocycles. The maximum absolute atomic E-state index is 13.1. The predicted octanol–water partition coefficient (Wildman–Crippen LogP) is 2.94. The van der Waals surface area contributed by atoms with Crippen molar-refractivity contribution in [3.05, 3.63) is 71.8 Å². The topological polar surface area (TPSA) is 134 Å². The Morgan fingerprint density at radius 3 is 1.81 bits per heavy atom. The van der Waals surface area contributed by atoms with Crippen molar-refractivity contribution >= 4 is 12.2 Å². The smallest absolute Gasteiger partial charge is 0.407 e. The van der Waals surface area contributed by atoms with Crippen molar-refractivity contribution in [2.24, 2.45) is 11.8 Å². The summed E-state index contributed by atoms with van der Waals surface area (Å²) >= 11 is 0. The first-order valence-electron chi connectivity index (χ1n) is 15.2. The monoisotopic (exact) mass is 596 g/mol. The Morgan fingerprint density at radius 2 is 1.26 bits per heavy atom. The van der Waals surface area contributed by atoms with E-state index >= 15 is 0 Å². The Kier molecular flexibility index (Phi) is 9.74. The van der Waals surface area contributed by atoms with Gasteiger partial charge in [-0.2, -0.15) is 0 Å². The van der Waals surface area contributed by atoms with Crippen molar-refractivity contribution in [1.82, 2.24) is 10.6 Å². The van der Waals surface area contributed by atoms with Crippen LogP contribution in [-0.4, -0.2) is 86.7 Å². The molecule has 0 bridgehead atoms. The van der Waals surface area contributed by atoms with E-state index in [2.05, 4.69) is 10.6 Å². The minimum atomic E-state index is -1.01. The van der Waals surface area contributed by atoms with E-state index in [1.54, 1.807) is 0 Å². The largest absolute Gasteiger partial charge is 0.443 e. The average Bonchev–Trinajstić information content (AvgIpc) is 3.79. The van der Waals surface area contributed by atoms with Gasteiger partial charge in [0.05, 0.1) is 50.4 Å². The minimum absolute atomic E-state index is 0.00468. The molecule has 0 aliphatic carbocycles. The zero-order chi connectivity index (χ0) is 29.6. The van der Waals surface area contributed by atoms with E-state index in [1.165, 1.54) is 0 Å². The molecule has 6 rings (SSSR count). The molecule has 0 aromatic heterocycles. The second-order valence-corrected chi connectivity index (χ2v) is 11.7. The van der Waals surface area contributed by atoms with Gasteiger partial charge in [-0.25, -0.2) is 9.59 Å². The van der Waals surface area contributed by atoms with E-state index in [0.717, 1.165) is 24.0 Å². The SMILES string of the molecule is O=C(N[C@@H](Cc1ccccc1)C[C@H](O)[C@H](Cc1ccccc1)NC(=O)OC1COC2OCCC12)OC1COC2OCCC12. The summed E-state index contributed by atoms with van der Waals surface area (Å²) in [6.45, 7) is 1.73. The molecule has 9 atom stereocenters. The lowest BCUT2D eigenvalue weighted by Crippen LogP contribution is -2.50. The molecule has 232 valence electrons. The van der Waals surface area contributed by atoms with Crippen LogP contribution < -0.4 is 10.6 Å². The van der Waals surface area contributed by atoms with E-state index in [9.17, 15) is 14.7 Å². The van der Waals surface area contributed by atoms with Gasteiger partial charge < -0.3 is 44.2 Å². The Bertz CT molecular complexity index is 1200. The number of hydrogen-bond donors (Lipinski definition) is 3. The van der Waals surface area contributed by atoms with Crippen molar-refractivity contribution in [1.29, 1.82) is 0 Å². The third-order valence-electron chi connectivity index (χ3n) is 8.73. The van der Waals surface area contributed by atoms with Gasteiger partial charge in [0.15, 0.2) is 12.6 Å². The quantitative estimate of drug-likeness (QED) is 0.358. The lowest BCUT2D eigenvalue weighted by atomic mass is 9.94. The summed E-state index contributed by atoms with van der Waals surface area (Å²) in [7, 11) is 0. The highest BCUT2D eigenvalue weighted by molar-refractivity contribution is 5.68. The first-order chi connectivity index (χ1) is 21.0. The number of amides is 2. The standard InChI is InChI=1S/C32H40N2O9/c35-26(25(16-21-9-5-2-6-10-21)34-32(37)43-28-19-41-30-24(28)12-14-39-30)17-22(15-20-7-3-1-4-8-20)33-31(36)42-27-18-40-29-23(27)11-13-38-29/h1-10,22-30,35H,11-19H2,(H,33,36)(H,34,37)/t22-,23?,24?,25-,26-,27?,28?,29?,30?/m0/s1. The average molecular weight is 597 g/mol. The summed E-state index contributed by atoms with van der Waals surface area (Å²) < 4.78 is 33.8. The van der Waals surface area contributed by atoms with E-state index < -0.39 is 36.5 Å². The molecule has 6 unspecified atom stereocenters. The molecule has 2 amide bonds. The number of nitrogens with one attached hydrogen (secondary N) is 2. The summed E-state index contributed by atoms with van der Waals surface area (Å²) in [5, 5.41) is 17.4. The Morgan fingerprint density at radius 1 is 0.744 bits per heavy atom. The Hall–Kier alpha value is -3.22. The molecule has 4 fully saturated rings. The fourth-order valence-electron chi connectivity index (χ4n) is 6.46. The number of carbonyl (C=O) groups excluding carboxylic acids is 2. The zero-order valence-electron chi connectivity index (χ0n) is 24.0. The number of aliphatic hydroxyl groups excluding tert-OH is 1. The van der Waals surface area contributed by atoms with Crippen LogP contribution in [0.2, 0.25) is 0 Å². The summed E-state index contributed by atoms with van der Waals surface area (Å²) in [5.74, 6) is 0.0239. The summed E-state index contributed by atoms with van der Waals surface area (Å²) in [6, 6.07) is 18.2. The van der Waals surface area contributed by atoms with Crippen LogP contribution in [0.5, 0.6) is 0 Å². The Balaban J connectivity index is 1.12. The first-order valence-corrected chi connectivity index (χ1v) is 15.2. The molecule has 3 N–H and O–H groups in total. The second kappa shape index (κ2) is 14.0. The fraction of sp³-hybridized carbons (Fsp3) is 0.562. The summed E-state index contributed by atoms with van der Waals surface area (Å²) in [5.41, 5.74) is 1.94. The number of benzene rings is 2. The van der Waals surface area contributed by atoms with Crippen LogP contribution in [0.4, 0.5) is 9.59 Å². The van der Waals surface area contributed by atoms with Crippen LogP contribution in [0.25, 0.3) is 0 Å². The second-order valence-electron chi connectivity index (χ2n) is 11.7. The molecule has 0 spiro atoms. The van der Waals surface area contributed by atoms with E-state index in [-0.39, 0.29) is 43.5 Å². The number of carbonyl (C=O) groups is 2. The molecule has 11 nitrogen and oxygen atoms in total. The van der Waals surface area contributed by atoms with Crippen LogP contribution in [-0.2, 0) is 41.3 Å². The highest BCUT2D eigenvalue weighted by Gasteiger charge is 2.45. The van der Waals surface area contributed by atoms with Crippen LogP contribution >= 0.6 is 0 Å². The lowest BCUT2D eigenvalue weighted by molar-refractivity contribution is -0.0909. The van der Waals surface area contributed by atoms with Gasteiger partial charge in [0, 0.05) is 6.04 Å². The molecule has 4 aliphatic heterocycles. The van der Waals surface area contributed by atoms with Gasteiger partial charge in [0.25, 0.3) is 0 Å². The van der Waals surface area contributed by atoms with E-state index in [1.807, 2.05) is 60.7 Å². The summed E-state index contributed by atoms with van der Waals surface area (Å²) in [6.07, 6.45) is -1.11. The van der Waals surface area contributed by atoms with Gasteiger partial charge in [0.2, 0.25) is 0 Å². The lowest BCUT2D eigenvalue weighted by Gasteiger charge is -2.29. The van der Waals surface area contributed by atoms with Crippen molar-refractivity contribution in [2.45, 2.75) is 75.1 Å². The number of alkyl carbamates (subject to hydrolysis) is 2. The summed E-state index contributed by atoms with van der Waals surface area (Å²) in [4.78, 5) is 26.1. The van der Waals surface area contributed by atoms with Gasteiger partial charge in [-0.1, -0.05) is 60.7 Å². The van der Waals surface area contributed by atoms with Crippen molar-refractivity contribution in [2.75, 3.05) is 26.4 Å². The highest BCUT2D eigenvalue weighted by atomic mass is 16.7. The van der Waals surface area contributed by atoms with Gasteiger partial charge >= 0.3 is 12.2 Å². The molecule has 11 heteroatoms. The molecule has 0 saturated carbocycles. The minimum Gasteiger partial charge on any atom is -0.443 e. The molecule has 4 aliphatic rings. The van der Waals surface area contributed by atoms with Crippen LogP contribution in [0.1, 0.15) is 30.4 Å². The fourth-order valence-corrected chi connectivity index (χ4v) is 6.46. The molecular weight excluding hydrogens is 556 g/mol. The van der Waals surface area contributed by atoms with E-state index in [4.69, 9.17) is 28.4 Å². The number of fused-ring (bicyclic) bond motifs is 2. The zero-order valence-corrected chi connectivity index (χ0v) is 24.0. The van der Waals surface area contributed by atoms with Gasteiger partial charge in [-0.3, -0.25) is 0 Å². The maximum atomic E-state index is 13.1. The molecule has 2 aromatic carbocycles. The predicted molar refractivity (Wildman–Crippen MR) is 153 cm³/mol. The van der Waals surface area contributed by atoms with Crippen molar-refractivity contribution < 1.29 is 43.1 Å². The molecular formula is C32H40N2O9. The molecule has 43 heavy (non-hydrogen) atoms. The first kappa shape index (κ1) is 29.8. The van der Waals surface area contributed by atoms with Gasteiger partial charge in [-0.05, 0) is 43.2 Å². The van der Waals surface area contributed by atoms with Crippen molar-refractivity contribution in [3.63, 3.8) is 0 Å². The number of rotatable bonds is 11. The number of ether oxygens (including phenoxy) is 6. The van der Waals surface area contributed by atoms with Crippen LogP contribution in [0, 0.1) is 11.8 Å². The maximum Gasteiger partial charge on any atom is 0.407 e. The van der Waals surface area contributed by atoms with Crippen LogP contribution in [0.15, 0.2) is 60.7 Å². The molecule has 4 heterocycles. The van der Waals surface area contributed by atoms with Gasteiger partial charge in [-0.15, -0.1) is 0 Å². The van der Waals surface area contributed by atoms with E-state index in [0.29, 0.717) is 32.7 Å². The van der Waals surface area contributed by atoms with Crippen LogP contribution in [0.3, 0.4) is 0 Å². The number of hydrogen-bond acceptors (Lipinski definition) is 9. The normalized spacial score (nSPS) is 29.7. The third kappa shape index (κ3) is 7.66. The highest BCUT2D eigenvalue weighted by Crippen LogP contribution is 2.34. The number of aliphatic hydroxyl groups is 1. The molecule has 2 aromatic rings.